The smallest absolute Gasteiger partial charge is 0.133 e. The van der Waals surface area contributed by atoms with Gasteiger partial charge in [0, 0.05) is 25.7 Å². The molecular weight excluding hydrogens is 300 g/mol. The fourth-order valence-corrected chi connectivity index (χ4v) is 3.15. The highest BCUT2D eigenvalue weighted by Gasteiger charge is 2.18. The maximum atomic E-state index is 12.4. The molecule has 0 radical (unpaired) electrons. The molecule has 0 aliphatic carbocycles. The topological polar surface area (TPSA) is 43.4 Å². The first kappa shape index (κ1) is 18.6. The Morgan fingerprint density at radius 1 is 0.833 bits per heavy atom. The monoisotopic (exact) mass is 330 g/mol. The third-order valence-electron chi connectivity index (χ3n) is 5.00. The van der Waals surface area contributed by atoms with E-state index in [2.05, 4.69) is 41.5 Å². The molecule has 0 saturated carbocycles. The Morgan fingerprint density at radius 2 is 1.21 bits per heavy atom. The van der Waals surface area contributed by atoms with Gasteiger partial charge < -0.3 is 8.83 Å². The zero-order chi connectivity index (χ0) is 17.9. The first-order valence-electron chi connectivity index (χ1n) is 8.86. The van der Waals surface area contributed by atoms with Crippen molar-refractivity contribution in [1.82, 2.24) is 0 Å². The number of carbonyl (C=O) groups is 1. The molecule has 24 heavy (non-hydrogen) atoms. The minimum absolute atomic E-state index is 0.307. The van der Waals surface area contributed by atoms with Crippen LogP contribution in [0.25, 0.3) is 0 Å². The summed E-state index contributed by atoms with van der Waals surface area (Å²) in [6.45, 7) is 12.5. The van der Waals surface area contributed by atoms with Crippen LogP contribution in [-0.4, -0.2) is 5.78 Å². The second kappa shape index (κ2) is 7.87. The first-order chi connectivity index (χ1) is 11.3. The predicted octanol–water partition coefficient (Wildman–Crippen LogP) is 5.51. The number of rotatable bonds is 8. The van der Waals surface area contributed by atoms with Crippen molar-refractivity contribution in [3.05, 3.63) is 46.3 Å². The number of ketones is 1. The van der Waals surface area contributed by atoms with Crippen molar-refractivity contribution in [3.63, 3.8) is 0 Å². The lowest BCUT2D eigenvalue weighted by molar-refractivity contribution is -0.120. The van der Waals surface area contributed by atoms with Crippen LogP contribution in [0.3, 0.4) is 0 Å². The summed E-state index contributed by atoms with van der Waals surface area (Å²) in [5.74, 6) is 2.98. The molecule has 0 saturated heterocycles. The van der Waals surface area contributed by atoms with Crippen LogP contribution in [0, 0.1) is 39.5 Å². The van der Waals surface area contributed by atoms with Gasteiger partial charge in [-0.1, -0.05) is 13.8 Å². The minimum atomic E-state index is 0.307. The zero-order valence-electron chi connectivity index (χ0n) is 15.9. The van der Waals surface area contributed by atoms with Gasteiger partial charge in [0.1, 0.15) is 17.3 Å². The predicted molar refractivity (Wildman–Crippen MR) is 96.3 cm³/mol. The second-order valence-corrected chi connectivity index (χ2v) is 7.50. The van der Waals surface area contributed by atoms with Crippen LogP contribution in [0.2, 0.25) is 0 Å². The molecule has 2 rings (SSSR count). The molecule has 0 spiro atoms. The molecule has 132 valence electrons. The summed E-state index contributed by atoms with van der Waals surface area (Å²) in [6, 6.07) is 0. The molecule has 0 fully saturated rings. The molecule has 0 aromatic carbocycles. The van der Waals surface area contributed by atoms with Crippen LogP contribution < -0.4 is 0 Å². The van der Waals surface area contributed by atoms with Crippen molar-refractivity contribution in [2.75, 3.05) is 0 Å². The van der Waals surface area contributed by atoms with E-state index in [1.807, 2.05) is 0 Å². The van der Waals surface area contributed by atoms with E-state index in [-0.39, 0.29) is 0 Å². The highest BCUT2D eigenvalue weighted by Crippen LogP contribution is 2.23. The van der Waals surface area contributed by atoms with Gasteiger partial charge in [-0.25, -0.2) is 0 Å². The summed E-state index contributed by atoms with van der Waals surface area (Å²) >= 11 is 0. The number of hydrogen-bond acceptors (Lipinski definition) is 3. The van der Waals surface area contributed by atoms with Gasteiger partial charge in [0.2, 0.25) is 0 Å². The van der Waals surface area contributed by atoms with Crippen LogP contribution in [-0.2, 0) is 17.6 Å². The van der Waals surface area contributed by atoms with Gasteiger partial charge in [0.05, 0.1) is 12.5 Å². The number of hydrogen-bond donors (Lipinski definition) is 0. The van der Waals surface area contributed by atoms with Crippen LogP contribution in [0.5, 0.6) is 0 Å². The molecule has 2 unspecified atom stereocenters. The SMILES string of the molecule is Cc1coc(CC(C)CC(=O)CC(C)Cc2occ(C)c2C)c1C. The van der Waals surface area contributed by atoms with Crippen molar-refractivity contribution < 1.29 is 13.6 Å². The van der Waals surface area contributed by atoms with Crippen molar-refractivity contribution in [1.29, 1.82) is 0 Å². The van der Waals surface area contributed by atoms with E-state index in [1.54, 1.807) is 12.5 Å². The molecule has 3 nitrogen and oxygen atoms in total. The highest BCUT2D eigenvalue weighted by atomic mass is 16.3. The Kier molecular flexibility index (Phi) is 6.09. The van der Waals surface area contributed by atoms with E-state index in [9.17, 15) is 4.79 Å². The maximum Gasteiger partial charge on any atom is 0.133 e. The van der Waals surface area contributed by atoms with Gasteiger partial charge >= 0.3 is 0 Å². The molecule has 2 aromatic heterocycles. The minimum Gasteiger partial charge on any atom is -0.469 e. The van der Waals surface area contributed by atoms with Crippen LogP contribution >= 0.6 is 0 Å². The van der Waals surface area contributed by atoms with Crippen LogP contribution in [0.1, 0.15) is 60.5 Å². The maximum absolute atomic E-state index is 12.4. The highest BCUT2D eigenvalue weighted by molar-refractivity contribution is 5.78. The molecule has 2 heterocycles. The molecule has 0 aliphatic heterocycles. The third kappa shape index (κ3) is 4.62. The molecule has 0 N–H and O–H groups in total. The molecule has 2 atom stereocenters. The van der Waals surface area contributed by atoms with Crippen molar-refractivity contribution in [2.45, 2.75) is 67.2 Å². The number of aryl methyl sites for hydroxylation is 2. The molecule has 0 bridgehead atoms. The quantitative estimate of drug-likeness (QED) is 0.640. The van der Waals surface area contributed by atoms with E-state index in [0.29, 0.717) is 30.5 Å². The van der Waals surface area contributed by atoms with E-state index >= 15 is 0 Å². The van der Waals surface area contributed by atoms with E-state index in [1.165, 1.54) is 22.3 Å². The molecule has 0 aliphatic rings. The Labute approximate surface area is 145 Å². The number of furan rings is 2. The first-order valence-corrected chi connectivity index (χ1v) is 8.86. The summed E-state index contributed by atoms with van der Waals surface area (Å²) < 4.78 is 11.2. The summed E-state index contributed by atoms with van der Waals surface area (Å²) in [4.78, 5) is 12.4. The number of Topliss-reactive ketones (excluding diaryl/α,β-unsaturated/α-hetero) is 1. The van der Waals surface area contributed by atoms with Crippen molar-refractivity contribution in [2.24, 2.45) is 11.8 Å². The second-order valence-electron chi connectivity index (χ2n) is 7.50. The normalized spacial score (nSPS) is 13.9. The number of carbonyl (C=O) groups excluding carboxylic acids is 1. The zero-order valence-corrected chi connectivity index (χ0v) is 15.9. The van der Waals surface area contributed by atoms with Gasteiger partial charge in [-0.3, -0.25) is 4.79 Å². The van der Waals surface area contributed by atoms with Gasteiger partial charge in [-0.2, -0.15) is 0 Å². The van der Waals surface area contributed by atoms with Crippen molar-refractivity contribution >= 4 is 5.78 Å². The molecule has 2 aromatic rings. The lowest BCUT2D eigenvalue weighted by atomic mass is 9.91. The van der Waals surface area contributed by atoms with Gasteiger partial charge in [0.25, 0.3) is 0 Å². The third-order valence-corrected chi connectivity index (χ3v) is 5.00. The van der Waals surface area contributed by atoms with Gasteiger partial charge in [-0.05, 0) is 61.8 Å². The van der Waals surface area contributed by atoms with E-state index in [0.717, 1.165) is 24.4 Å². The fraction of sp³-hybridized carbons (Fsp3) is 0.571. The fourth-order valence-electron chi connectivity index (χ4n) is 3.15. The van der Waals surface area contributed by atoms with Crippen LogP contribution in [0.4, 0.5) is 0 Å². The Bertz CT molecular complexity index is 632. The van der Waals surface area contributed by atoms with Gasteiger partial charge in [0.15, 0.2) is 0 Å². The summed E-state index contributed by atoms with van der Waals surface area (Å²) in [5, 5.41) is 0. The Morgan fingerprint density at radius 3 is 1.50 bits per heavy atom. The average Bonchev–Trinajstić information content (AvgIpc) is 2.97. The summed E-state index contributed by atoms with van der Waals surface area (Å²) in [6.07, 6.45) is 6.48. The standard InChI is InChI=1S/C21H30O3/c1-13(9-20-17(5)15(3)11-23-20)7-19(22)8-14(2)10-21-18(6)16(4)12-24-21/h11-14H,7-10H2,1-6H3. The summed E-state index contributed by atoms with van der Waals surface area (Å²) in [5.41, 5.74) is 4.79. The largest absolute Gasteiger partial charge is 0.469 e. The lowest BCUT2D eigenvalue weighted by Gasteiger charge is -2.13. The Hall–Kier alpha value is -1.77. The lowest BCUT2D eigenvalue weighted by Crippen LogP contribution is -2.13. The van der Waals surface area contributed by atoms with Gasteiger partial charge in [-0.15, -0.1) is 0 Å². The molecule has 3 heteroatoms. The molecular formula is C21H30O3. The summed E-state index contributed by atoms with van der Waals surface area (Å²) in [7, 11) is 0. The van der Waals surface area contributed by atoms with Crippen molar-refractivity contribution in [3.8, 4) is 0 Å². The van der Waals surface area contributed by atoms with E-state index < -0.39 is 0 Å². The van der Waals surface area contributed by atoms with Crippen LogP contribution in [0.15, 0.2) is 21.4 Å². The average molecular weight is 330 g/mol. The van der Waals surface area contributed by atoms with E-state index in [4.69, 9.17) is 8.83 Å². The Balaban J connectivity index is 1.81. The molecule has 0 amide bonds.